The number of rotatable bonds is 3. The van der Waals surface area contributed by atoms with Gasteiger partial charge in [0.15, 0.2) is 5.76 Å². The molecule has 0 bridgehead atoms. The molecule has 2 N–H and O–H groups in total. The molecule has 0 spiro atoms. The van der Waals surface area contributed by atoms with Gasteiger partial charge < -0.3 is 15.1 Å². The van der Waals surface area contributed by atoms with Crippen LogP contribution in [0.25, 0.3) is 21.1 Å². The summed E-state index contributed by atoms with van der Waals surface area (Å²) in [4.78, 5) is 27.8. The molecule has 5 rings (SSSR count). The highest BCUT2D eigenvalue weighted by molar-refractivity contribution is 7.21. The quantitative estimate of drug-likeness (QED) is 0.509. The van der Waals surface area contributed by atoms with Gasteiger partial charge in [-0.25, -0.2) is 0 Å². The van der Waals surface area contributed by atoms with Crippen LogP contribution < -0.4 is 5.73 Å². The van der Waals surface area contributed by atoms with E-state index in [1.807, 2.05) is 61.2 Å². The predicted molar refractivity (Wildman–Crippen MR) is 119 cm³/mol. The van der Waals surface area contributed by atoms with Crippen molar-refractivity contribution in [1.82, 2.24) is 4.90 Å². The van der Waals surface area contributed by atoms with E-state index in [9.17, 15) is 9.59 Å². The molecule has 30 heavy (non-hydrogen) atoms. The molecule has 0 saturated carbocycles. The smallest absolute Gasteiger partial charge is 0.289 e. The number of para-hydroxylation sites is 1. The number of fused-ring (bicyclic) bond motifs is 2. The van der Waals surface area contributed by atoms with Crippen molar-refractivity contribution in [2.24, 2.45) is 5.73 Å². The van der Waals surface area contributed by atoms with Gasteiger partial charge in [-0.15, -0.1) is 11.3 Å². The van der Waals surface area contributed by atoms with Crippen LogP contribution in [-0.2, 0) is 0 Å². The summed E-state index contributed by atoms with van der Waals surface area (Å²) in [6.45, 7) is 5.10. The van der Waals surface area contributed by atoms with Crippen LogP contribution in [0.15, 0.2) is 46.9 Å². The molecular formula is C24H22N2O3S. The van der Waals surface area contributed by atoms with Gasteiger partial charge in [-0.05, 0) is 42.8 Å². The fraction of sp³-hybridized carbons (Fsp3) is 0.250. The van der Waals surface area contributed by atoms with Crippen LogP contribution in [0.2, 0.25) is 0 Å². The van der Waals surface area contributed by atoms with Crippen LogP contribution in [0, 0.1) is 13.8 Å². The molecule has 1 saturated heterocycles. The molecule has 2 amide bonds. The molecule has 2 aromatic carbocycles. The molecule has 2 aromatic heterocycles. The van der Waals surface area contributed by atoms with Crippen molar-refractivity contribution < 1.29 is 14.0 Å². The Labute approximate surface area is 178 Å². The summed E-state index contributed by atoms with van der Waals surface area (Å²) >= 11 is 1.44. The topological polar surface area (TPSA) is 76.5 Å². The Hall–Kier alpha value is -3.12. The molecule has 0 aliphatic carbocycles. The lowest BCUT2D eigenvalue weighted by Crippen LogP contribution is -2.28. The molecule has 1 aliphatic rings. The predicted octanol–water partition coefficient (Wildman–Crippen LogP) is 4.99. The second kappa shape index (κ2) is 6.99. The number of amides is 2. The van der Waals surface area contributed by atoms with Gasteiger partial charge in [0.2, 0.25) is 0 Å². The van der Waals surface area contributed by atoms with Crippen LogP contribution >= 0.6 is 11.3 Å². The van der Waals surface area contributed by atoms with Gasteiger partial charge in [-0.3, -0.25) is 9.59 Å². The van der Waals surface area contributed by atoms with E-state index in [2.05, 4.69) is 0 Å². The van der Waals surface area contributed by atoms with E-state index in [0.29, 0.717) is 23.7 Å². The van der Waals surface area contributed by atoms with E-state index >= 15 is 0 Å². The molecule has 152 valence electrons. The molecule has 3 heterocycles. The first-order valence-corrected chi connectivity index (χ1v) is 10.9. The minimum Gasteiger partial charge on any atom is -0.450 e. The third-order valence-corrected chi connectivity index (χ3v) is 7.30. The molecule has 1 atom stereocenters. The number of aryl methyl sites for hydroxylation is 2. The molecule has 4 aromatic rings. The van der Waals surface area contributed by atoms with Crippen molar-refractivity contribution >= 4 is 44.2 Å². The Morgan fingerprint density at radius 2 is 1.87 bits per heavy atom. The average Bonchev–Trinajstić information content (AvgIpc) is 3.43. The highest BCUT2D eigenvalue weighted by atomic mass is 32.1. The number of hydrogen-bond donors (Lipinski definition) is 1. The number of furan rings is 1. The molecule has 0 radical (unpaired) electrons. The highest BCUT2D eigenvalue weighted by Gasteiger charge is 2.34. The van der Waals surface area contributed by atoms with Crippen molar-refractivity contribution in [1.29, 1.82) is 0 Å². The number of carbonyl (C=O) groups excluding carboxylic acids is 2. The zero-order valence-electron chi connectivity index (χ0n) is 16.9. The molecule has 6 heteroatoms. The zero-order chi connectivity index (χ0) is 21.0. The minimum absolute atomic E-state index is 0.0824. The van der Waals surface area contributed by atoms with Crippen LogP contribution in [0.1, 0.15) is 49.3 Å². The molecular weight excluding hydrogens is 396 g/mol. The number of likely N-dealkylation sites (tertiary alicyclic amines) is 1. The van der Waals surface area contributed by atoms with Gasteiger partial charge in [0.25, 0.3) is 11.8 Å². The average molecular weight is 419 g/mol. The fourth-order valence-corrected chi connectivity index (χ4v) is 5.71. The standard InChI is InChI=1S/C24H22N2O3S/c1-13-6-5-8-16-14(2)21(29-20(13)16)24(28)26-11-10-15(12-26)19-17-7-3-4-9-18(17)30-22(19)23(25)27/h3-9,15H,10-12H2,1-2H3,(H2,25,27)/t15-/m0/s1. The molecule has 1 fully saturated rings. The van der Waals surface area contributed by atoms with E-state index in [1.165, 1.54) is 11.3 Å². The maximum absolute atomic E-state index is 13.3. The fourth-order valence-electron chi connectivity index (χ4n) is 4.57. The summed E-state index contributed by atoms with van der Waals surface area (Å²) in [5, 5.41) is 2.04. The van der Waals surface area contributed by atoms with Crippen LogP contribution in [0.3, 0.4) is 0 Å². The van der Waals surface area contributed by atoms with E-state index in [4.69, 9.17) is 10.2 Å². The highest BCUT2D eigenvalue weighted by Crippen LogP contribution is 2.40. The van der Waals surface area contributed by atoms with Gasteiger partial charge >= 0.3 is 0 Å². The van der Waals surface area contributed by atoms with Crippen LogP contribution in [0.4, 0.5) is 0 Å². The number of hydrogen-bond acceptors (Lipinski definition) is 4. The second-order valence-electron chi connectivity index (χ2n) is 7.95. The van der Waals surface area contributed by atoms with Gasteiger partial charge in [0, 0.05) is 34.7 Å². The van der Waals surface area contributed by atoms with E-state index in [1.54, 1.807) is 0 Å². The lowest BCUT2D eigenvalue weighted by Gasteiger charge is -2.16. The van der Waals surface area contributed by atoms with Gasteiger partial charge in [-0.2, -0.15) is 0 Å². The zero-order valence-corrected chi connectivity index (χ0v) is 17.7. The number of benzene rings is 2. The maximum Gasteiger partial charge on any atom is 0.289 e. The van der Waals surface area contributed by atoms with Crippen molar-refractivity contribution in [2.45, 2.75) is 26.2 Å². The van der Waals surface area contributed by atoms with E-state index in [0.717, 1.165) is 44.2 Å². The van der Waals surface area contributed by atoms with Gasteiger partial charge in [0.1, 0.15) is 5.58 Å². The van der Waals surface area contributed by atoms with E-state index in [-0.39, 0.29) is 11.8 Å². The van der Waals surface area contributed by atoms with Crippen molar-refractivity contribution in [3.63, 3.8) is 0 Å². The lowest BCUT2D eigenvalue weighted by molar-refractivity contribution is 0.0760. The molecule has 0 unspecified atom stereocenters. The molecule has 1 aliphatic heterocycles. The maximum atomic E-state index is 13.3. The largest absolute Gasteiger partial charge is 0.450 e. The van der Waals surface area contributed by atoms with Crippen molar-refractivity contribution in [3.8, 4) is 0 Å². The van der Waals surface area contributed by atoms with Crippen LogP contribution in [0.5, 0.6) is 0 Å². The Kier molecular flexibility index (Phi) is 4.40. The third kappa shape index (κ3) is 2.82. The summed E-state index contributed by atoms with van der Waals surface area (Å²) in [5.41, 5.74) is 9.33. The summed E-state index contributed by atoms with van der Waals surface area (Å²) in [7, 11) is 0. The Bertz CT molecular complexity index is 1320. The summed E-state index contributed by atoms with van der Waals surface area (Å²) < 4.78 is 7.05. The Morgan fingerprint density at radius 1 is 1.10 bits per heavy atom. The summed E-state index contributed by atoms with van der Waals surface area (Å²) in [6, 6.07) is 13.9. The SMILES string of the molecule is Cc1c(C(=O)N2CC[C@H](c3c(C(N)=O)sc4ccccc34)C2)oc2c(C)cccc12. The normalized spacial score (nSPS) is 16.6. The van der Waals surface area contributed by atoms with E-state index < -0.39 is 5.91 Å². The first-order chi connectivity index (χ1) is 14.5. The first kappa shape index (κ1) is 18.9. The first-order valence-electron chi connectivity index (χ1n) is 10.0. The van der Waals surface area contributed by atoms with Gasteiger partial charge in [-0.1, -0.05) is 36.4 Å². The second-order valence-corrected chi connectivity index (χ2v) is 9.00. The third-order valence-electron chi connectivity index (χ3n) is 6.10. The lowest BCUT2D eigenvalue weighted by atomic mass is 9.95. The summed E-state index contributed by atoms with van der Waals surface area (Å²) in [6.07, 6.45) is 0.797. The molecule has 5 nitrogen and oxygen atoms in total. The minimum atomic E-state index is -0.403. The van der Waals surface area contributed by atoms with Crippen LogP contribution in [-0.4, -0.2) is 29.8 Å². The number of nitrogens with zero attached hydrogens (tertiary/aromatic N) is 1. The Morgan fingerprint density at radius 3 is 2.63 bits per heavy atom. The summed E-state index contributed by atoms with van der Waals surface area (Å²) in [5.74, 6) is -0.00499. The number of primary amides is 1. The van der Waals surface area contributed by atoms with Gasteiger partial charge in [0.05, 0.1) is 4.88 Å². The number of thiophene rings is 1. The van der Waals surface area contributed by atoms with Crippen molar-refractivity contribution in [3.05, 3.63) is 69.8 Å². The monoisotopic (exact) mass is 418 g/mol. The number of carbonyl (C=O) groups is 2. The Balaban J connectivity index is 1.49. The number of nitrogens with two attached hydrogens (primary N) is 1. The van der Waals surface area contributed by atoms with Crippen molar-refractivity contribution in [2.75, 3.05) is 13.1 Å².